The van der Waals surface area contributed by atoms with Crippen molar-refractivity contribution in [2.45, 2.75) is 38.8 Å². The summed E-state index contributed by atoms with van der Waals surface area (Å²) in [7, 11) is 0. The topological polar surface area (TPSA) is 36.6 Å². The van der Waals surface area contributed by atoms with Crippen LogP contribution < -0.4 is 0 Å². The van der Waals surface area contributed by atoms with Gasteiger partial charge in [0.2, 0.25) is 0 Å². The molecule has 0 radical (unpaired) electrons. The fraction of sp³-hybridized carbons (Fsp3) is 0.692. The lowest BCUT2D eigenvalue weighted by Gasteiger charge is -2.45. The van der Waals surface area contributed by atoms with E-state index in [4.69, 9.17) is 4.42 Å². The smallest absolute Gasteiger partial charge is 0.117 e. The molecule has 0 saturated carbocycles. The van der Waals surface area contributed by atoms with E-state index in [2.05, 4.69) is 18.7 Å². The van der Waals surface area contributed by atoms with Crippen LogP contribution in [0.25, 0.3) is 0 Å². The highest BCUT2D eigenvalue weighted by molar-refractivity contribution is 5.00. The van der Waals surface area contributed by atoms with Gasteiger partial charge in [0, 0.05) is 18.7 Å². The summed E-state index contributed by atoms with van der Waals surface area (Å²) in [5.41, 5.74) is 0.207. The Morgan fingerprint density at radius 3 is 3.00 bits per heavy atom. The summed E-state index contributed by atoms with van der Waals surface area (Å²) in [6.07, 6.45) is 3.98. The average Bonchev–Trinajstić information content (AvgIpc) is 2.74. The highest BCUT2D eigenvalue weighted by atomic mass is 16.3. The maximum Gasteiger partial charge on any atom is 0.117 e. The molecular weight excluding hydrogens is 202 g/mol. The normalized spacial score (nSPS) is 25.8. The summed E-state index contributed by atoms with van der Waals surface area (Å²) in [6.45, 7) is 6.64. The van der Waals surface area contributed by atoms with Gasteiger partial charge in [-0.2, -0.15) is 0 Å². The molecule has 16 heavy (non-hydrogen) atoms. The van der Waals surface area contributed by atoms with E-state index in [-0.39, 0.29) is 5.54 Å². The minimum atomic E-state index is 0.207. The van der Waals surface area contributed by atoms with Gasteiger partial charge in [-0.15, -0.1) is 0 Å². The van der Waals surface area contributed by atoms with Crippen molar-refractivity contribution in [3.05, 3.63) is 24.2 Å². The first-order valence-corrected chi connectivity index (χ1v) is 6.00. The van der Waals surface area contributed by atoms with Crippen LogP contribution in [0.4, 0.5) is 0 Å². The molecule has 1 unspecified atom stereocenters. The minimum Gasteiger partial charge on any atom is -0.468 e. The quantitative estimate of drug-likeness (QED) is 0.854. The Morgan fingerprint density at radius 2 is 2.38 bits per heavy atom. The molecule has 0 amide bonds. The molecule has 1 aliphatic rings. The molecule has 0 spiro atoms. The van der Waals surface area contributed by atoms with Crippen molar-refractivity contribution in [1.29, 1.82) is 0 Å². The Morgan fingerprint density at radius 1 is 1.56 bits per heavy atom. The molecule has 2 rings (SSSR count). The number of aliphatic hydroxyl groups excluding tert-OH is 1. The van der Waals surface area contributed by atoms with Crippen LogP contribution in [0.1, 0.15) is 32.4 Å². The van der Waals surface area contributed by atoms with Gasteiger partial charge in [0.15, 0.2) is 0 Å². The summed E-state index contributed by atoms with van der Waals surface area (Å²) in [6, 6.07) is 3.94. The van der Waals surface area contributed by atoms with Crippen LogP contribution in [0.15, 0.2) is 22.8 Å². The number of furan rings is 1. The molecule has 90 valence electrons. The van der Waals surface area contributed by atoms with Gasteiger partial charge >= 0.3 is 0 Å². The molecular formula is C13H21NO2. The molecule has 2 heterocycles. The van der Waals surface area contributed by atoms with E-state index in [0.29, 0.717) is 12.5 Å². The van der Waals surface area contributed by atoms with Crippen molar-refractivity contribution in [2.24, 2.45) is 5.92 Å². The first kappa shape index (κ1) is 11.7. The fourth-order valence-electron chi connectivity index (χ4n) is 2.38. The number of hydrogen-bond donors (Lipinski definition) is 1. The zero-order valence-electron chi connectivity index (χ0n) is 10.1. The second kappa shape index (κ2) is 4.60. The van der Waals surface area contributed by atoms with Crippen molar-refractivity contribution in [2.75, 3.05) is 13.2 Å². The van der Waals surface area contributed by atoms with Crippen LogP contribution in [-0.4, -0.2) is 28.7 Å². The maximum atomic E-state index is 9.25. The first-order valence-electron chi connectivity index (χ1n) is 6.00. The van der Waals surface area contributed by atoms with E-state index < -0.39 is 0 Å². The molecule has 0 aliphatic carbocycles. The van der Waals surface area contributed by atoms with E-state index in [1.165, 1.54) is 0 Å². The van der Waals surface area contributed by atoms with Gasteiger partial charge in [-0.1, -0.05) is 0 Å². The van der Waals surface area contributed by atoms with E-state index >= 15 is 0 Å². The minimum absolute atomic E-state index is 0.207. The average molecular weight is 223 g/mol. The van der Waals surface area contributed by atoms with Crippen molar-refractivity contribution in [1.82, 2.24) is 4.90 Å². The monoisotopic (exact) mass is 223 g/mol. The number of likely N-dealkylation sites (tertiary alicyclic amines) is 1. The highest BCUT2D eigenvalue weighted by Gasteiger charge is 2.34. The van der Waals surface area contributed by atoms with E-state index in [1.54, 1.807) is 6.26 Å². The third-order valence-electron chi connectivity index (χ3n) is 3.68. The van der Waals surface area contributed by atoms with Crippen molar-refractivity contribution in [3.8, 4) is 0 Å². The number of rotatable bonds is 3. The second-order valence-electron chi connectivity index (χ2n) is 5.36. The van der Waals surface area contributed by atoms with Crippen LogP contribution in [0, 0.1) is 5.92 Å². The number of hydrogen-bond acceptors (Lipinski definition) is 3. The van der Waals surface area contributed by atoms with E-state index in [1.807, 2.05) is 12.1 Å². The van der Waals surface area contributed by atoms with Crippen molar-refractivity contribution in [3.63, 3.8) is 0 Å². The lowest BCUT2D eigenvalue weighted by molar-refractivity contribution is 0.0152. The van der Waals surface area contributed by atoms with Crippen LogP contribution in [0.3, 0.4) is 0 Å². The van der Waals surface area contributed by atoms with Gasteiger partial charge in [-0.25, -0.2) is 0 Å². The molecule has 1 saturated heterocycles. The number of aliphatic hydroxyl groups is 1. The summed E-state index contributed by atoms with van der Waals surface area (Å²) in [5, 5.41) is 9.25. The van der Waals surface area contributed by atoms with Gasteiger partial charge in [0.1, 0.15) is 5.76 Å². The standard InChI is InChI=1S/C13H21NO2/c1-13(2)6-5-11(10-15)8-14(13)9-12-4-3-7-16-12/h3-4,7,11,15H,5-6,8-10H2,1-2H3. The van der Waals surface area contributed by atoms with Crippen LogP contribution in [0.5, 0.6) is 0 Å². The summed E-state index contributed by atoms with van der Waals surface area (Å²) >= 11 is 0. The molecule has 0 aromatic carbocycles. The molecule has 1 fully saturated rings. The van der Waals surface area contributed by atoms with Crippen LogP contribution in [-0.2, 0) is 6.54 Å². The largest absolute Gasteiger partial charge is 0.468 e. The molecule has 0 bridgehead atoms. The molecule has 3 nitrogen and oxygen atoms in total. The third kappa shape index (κ3) is 2.47. The molecule has 1 atom stereocenters. The highest BCUT2D eigenvalue weighted by Crippen LogP contribution is 2.31. The Hall–Kier alpha value is -0.800. The zero-order chi connectivity index (χ0) is 11.6. The van der Waals surface area contributed by atoms with Gasteiger partial charge < -0.3 is 9.52 Å². The lowest BCUT2D eigenvalue weighted by atomic mass is 9.85. The predicted molar refractivity (Wildman–Crippen MR) is 63.0 cm³/mol. The summed E-state index contributed by atoms with van der Waals surface area (Å²) in [5.74, 6) is 1.43. The van der Waals surface area contributed by atoms with Crippen molar-refractivity contribution >= 4 is 0 Å². The maximum absolute atomic E-state index is 9.25. The predicted octanol–water partition coefficient (Wildman–Crippen LogP) is 2.26. The SMILES string of the molecule is CC1(C)CCC(CO)CN1Cc1ccco1. The van der Waals surface area contributed by atoms with Gasteiger partial charge in [0.05, 0.1) is 12.8 Å². The van der Waals surface area contributed by atoms with Gasteiger partial charge in [0.25, 0.3) is 0 Å². The first-order chi connectivity index (χ1) is 7.62. The Kier molecular flexibility index (Phi) is 3.36. The van der Waals surface area contributed by atoms with E-state index in [0.717, 1.165) is 31.7 Å². The molecule has 3 heteroatoms. The van der Waals surface area contributed by atoms with Crippen molar-refractivity contribution < 1.29 is 9.52 Å². The number of piperidine rings is 1. The van der Waals surface area contributed by atoms with Gasteiger partial charge in [-0.05, 0) is 44.7 Å². The molecule has 1 N–H and O–H groups in total. The molecule has 1 aromatic heterocycles. The van der Waals surface area contributed by atoms with Gasteiger partial charge in [-0.3, -0.25) is 4.90 Å². The van der Waals surface area contributed by atoms with Crippen LogP contribution >= 0.6 is 0 Å². The Balaban J connectivity index is 2.04. The number of nitrogens with zero attached hydrogens (tertiary/aromatic N) is 1. The zero-order valence-corrected chi connectivity index (χ0v) is 10.1. The summed E-state index contributed by atoms with van der Waals surface area (Å²) in [4.78, 5) is 2.41. The Labute approximate surface area is 97.1 Å². The van der Waals surface area contributed by atoms with Crippen LogP contribution in [0.2, 0.25) is 0 Å². The van der Waals surface area contributed by atoms with E-state index in [9.17, 15) is 5.11 Å². The summed E-state index contributed by atoms with van der Waals surface area (Å²) < 4.78 is 5.39. The molecule has 1 aliphatic heterocycles. The fourth-order valence-corrected chi connectivity index (χ4v) is 2.38. The second-order valence-corrected chi connectivity index (χ2v) is 5.36. The molecule has 1 aromatic rings. The third-order valence-corrected chi connectivity index (χ3v) is 3.68. The lowest BCUT2D eigenvalue weighted by Crippen LogP contribution is -2.50. The Bertz CT molecular complexity index is 319.